The molecule has 0 radical (unpaired) electrons. The second-order valence-corrected chi connectivity index (χ2v) is 5.51. The highest BCUT2D eigenvalue weighted by molar-refractivity contribution is 6.31. The number of rotatable bonds is 3. The summed E-state index contributed by atoms with van der Waals surface area (Å²) in [6.45, 7) is 0. The molecule has 116 valence electrons. The molecule has 0 aliphatic heterocycles. The van der Waals surface area contributed by atoms with Gasteiger partial charge in [-0.15, -0.1) is 0 Å². The molecule has 1 amide bonds. The number of benzene rings is 1. The smallest absolute Gasteiger partial charge is 0.257 e. The van der Waals surface area contributed by atoms with Gasteiger partial charge in [-0.05, 0) is 36.4 Å². The van der Waals surface area contributed by atoms with Crippen LogP contribution < -0.4 is 10.9 Å². The monoisotopic (exact) mass is 327 g/mol. The molecule has 0 spiro atoms. The Morgan fingerprint density at radius 1 is 1.13 bits per heavy atom. The number of hydrogen-bond donors (Lipinski definition) is 1. The molecule has 2 heterocycles. The van der Waals surface area contributed by atoms with Crippen LogP contribution in [-0.2, 0) is 7.05 Å². The molecule has 0 atom stereocenters. The fourth-order valence-electron chi connectivity index (χ4n) is 2.24. The van der Waals surface area contributed by atoms with Crippen molar-refractivity contribution in [1.82, 2.24) is 9.13 Å². The second kappa shape index (κ2) is 6.14. The van der Waals surface area contributed by atoms with E-state index in [0.29, 0.717) is 16.3 Å². The van der Waals surface area contributed by atoms with Crippen molar-refractivity contribution >= 4 is 23.2 Å². The van der Waals surface area contributed by atoms with Gasteiger partial charge < -0.3 is 14.5 Å². The van der Waals surface area contributed by atoms with E-state index in [0.717, 1.165) is 5.69 Å². The van der Waals surface area contributed by atoms with E-state index in [4.69, 9.17) is 11.6 Å². The number of aromatic nitrogens is 2. The largest absolute Gasteiger partial charge is 0.322 e. The first-order valence-electron chi connectivity index (χ1n) is 6.95. The van der Waals surface area contributed by atoms with E-state index in [1.807, 2.05) is 29.1 Å². The van der Waals surface area contributed by atoms with Gasteiger partial charge in [0.15, 0.2) is 0 Å². The van der Waals surface area contributed by atoms with Crippen LogP contribution in [0.15, 0.2) is 65.8 Å². The molecular formula is C17H14ClN3O2. The minimum atomic E-state index is -0.295. The van der Waals surface area contributed by atoms with Gasteiger partial charge in [-0.1, -0.05) is 11.6 Å². The lowest BCUT2D eigenvalue weighted by Crippen LogP contribution is -2.20. The predicted molar refractivity (Wildman–Crippen MR) is 90.4 cm³/mol. The van der Waals surface area contributed by atoms with Gasteiger partial charge in [0.25, 0.3) is 5.91 Å². The van der Waals surface area contributed by atoms with E-state index in [2.05, 4.69) is 5.32 Å². The fourth-order valence-corrected chi connectivity index (χ4v) is 2.41. The van der Waals surface area contributed by atoms with Crippen LogP contribution in [0.4, 0.5) is 5.69 Å². The van der Waals surface area contributed by atoms with Crippen molar-refractivity contribution in [1.29, 1.82) is 0 Å². The van der Waals surface area contributed by atoms with E-state index >= 15 is 0 Å². The van der Waals surface area contributed by atoms with E-state index in [1.54, 1.807) is 25.2 Å². The van der Waals surface area contributed by atoms with Crippen LogP contribution >= 0.6 is 11.6 Å². The molecule has 3 aromatic rings. The number of halogens is 1. The molecule has 3 rings (SSSR count). The number of nitrogens with zero attached hydrogens (tertiary/aromatic N) is 2. The van der Waals surface area contributed by atoms with Gasteiger partial charge in [-0.3, -0.25) is 9.59 Å². The summed E-state index contributed by atoms with van der Waals surface area (Å²) in [4.78, 5) is 23.8. The third kappa shape index (κ3) is 3.19. The van der Waals surface area contributed by atoms with Crippen LogP contribution in [0.1, 0.15) is 10.4 Å². The van der Waals surface area contributed by atoms with Crippen molar-refractivity contribution in [2.75, 3.05) is 5.32 Å². The molecule has 0 saturated carbocycles. The number of amides is 1. The van der Waals surface area contributed by atoms with Crippen LogP contribution in [0.3, 0.4) is 0 Å². The van der Waals surface area contributed by atoms with Crippen LogP contribution in [0.25, 0.3) is 5.69 Å². The summed E-state index contributed by atoms with van der Waals surface area (Å²) >= 11 is 6.06. The van der Waals surface area contributed by atoms with Crippen LogP contribution in [0, 0.1) is 0 Å². The number of aryl methyl sites for hydroxylation is 1. The average molecular weight is 328 g/mol. The summed E-state index contributed by atoms with van der Waals surface area (Å²) < 4.78 is 3.23. The van der Waals surface area contributed by atoms with Crippen molar-refractivity contribution in [3.8, 4) is 5.69 Å². The van der Waals surface area contributed by atoms with Crippen LogP contribution in [-0.4, -0.2) is 15.0 Å². The van der Waals surface area contributed by atoms with Gasteiger partial charge in [0.2, 0.25) is 5.56 Å². The molecule has 2 aromatic heterocycles. The number of carbonyl (C=O) groups is 1. The topological polar surface area (TPSA) is 56.0 Å². The third-order valence-corrected chi connectivity index (χ3v) is 3.67. The Bertz CT molecular complexity index is 914. The summed E-state index contributed by atoms with van der Waals surface area (Å²) in [5, 5.41) is 3.43. The lowest BCUT2D eigenvalue weighted by molar-refractivity contribution is 0.102. The zero-order valence-corrected chi connectivity index (χ0v) is 13.1. The molecule has 23 heavy (non-hydrogen) atoms. The number of nitrogens with one attached hydrogen (secondary N) is 1. The van der Waals surface area contributed by atoms with Gasteiger partial charge in [-0.2, -0.15) is 0 Å². The zero-order chi connectivity index (χ0) is 16.4. The standard InChI is InChI=1S/C17H14ClN3O2/c1-20-11-12(4-7-16(20)22)17(23)19-14-6-5-13(18)10-15(14)21-8-2-3-9-21/h2-11H,1H3,(H,19,23). The molecule has 1 aromatic carbocycles. The first-order chi connectivity index (χ1) is 11.0. The number of pyridine rings is 1. The molecule has 6 heteroatoms. The maximum absolute atomic E-state index is 12.4. The SMILES string of the molecule is Cn1cc(C(=O)Nc2ccc(Cl)cc2-n2cccc2)ccc1=O. The number of anilines is 1. The molecule has 0 aliphatic carbocycles. The summed E-state index contributed by atoms with van der Waals surface area (Å²) in [6, 6.07) is 11.9. The molecule has 0 aliphatic rings. The molecular weight excluding hydrogens is 314 g/mol. The van der Waals surface area contributed by atoms with Gasteiger partial charge in [0.1, 0.15) is 0 Å². The quantitative estimate of drug-likeness (QED) is 0.803. The van der Waals surface area contributed by atoms with E-state index < -0.39 is 0 Å². The van der Waals surface area contributed by atoms with Crippen LogP contribution in [0.5, 0.6) is 0 Å². The summed E-state index contributed by atoms with van der Waals surface area (Å²) in [7, 11) is 1.60. The Kier molecular flexibility index (Phi) is 4.04. The Balaban J connectivity index is 1.95. The van der Waals surface area contributed by atoms with Crippen molar-refractivity contribution in [2.45, 2.75) is 0 Å². The fraction of sp³-hybridized carbons (Fsp3) is 0.0588. The highest BCUT2D eigenvalue weighted by atomic mass is 35.5. The number of hydrogen-bond acceptors (Lipinski definition) is 2. The predicted octanol–water partition coefficient (Wildman–Crippen LogP) is 3.08. The van der Waals surface area contributed by atoms with E-state index in [9.17, 15) is 9.59 Å². The van der Waals surface area contributed by atoms with E-state index in [1.165, 1.54) is 22.9 Å². The first-order valence-corrected chi connectivity index (χ1v) is 7.33. The van der Waals surface area contributed by atoms with Gasteiger partial charge in [0, 0.05) is 36.7 Å². The van der Waals surface area contributed by atoms with Gasteiger partial charge in [0.05, 0.1) is 16.9 Å². The Morgan fingerprint density at radius 3 is 2.57 bits per heavy atom. The maximum atomic E-state index is 12.4. The molecule has 0 saturated heterocycles. The van der Waals surface area contributed by atoms with Crippen molar-refractivity contribution < 1.29 is 4.79 Å². The van der Waals surface area contributed by atoms with Crippen molar-refractivity contribution in [3.05, 3.63) is 82.0 Å². The summed E-state index contributed by atoms with van der Waals surface area (Å²) in [5.74, 6) is -0.295. The Labute approximate surface area is 137 Å². The lowest BCUT2D eigenvalue weighted by Gasteiger charge is -2.13. The number of carbonyl (C=O) groups excluding carboxylic acids is 1. The molecule has 5 nitrogen and oxygen atoms in total. The average Bonchev–Trinajstić information content (AvgIpc) is 3.06. The highest BCUT2D eigenvalue weighted by Crippen LogP contribution is 2.25. The zero-order valence-electron chi connectivity index (χ0n) is 12.4. The second-order valence-electron chi connectivity index (χ2n) is 5.07. The van der Waals surface area contributed by atoms with Crippen LogP contribution in [0.2, 0.25) is 5.02 Å². The third-order valence-electron chi connectivity index (χ3n) is 3.44. The summed E-state index contributed by atoms with van der Waals surface area (Å²) in [5.41, 5.74) is 1.63. The van der Waals surface area contributed by atoms with Gasteiger partial charge in [-0.25, -0.2) is 0 Å². The normalized spacial score (nSPS) is 10.5. The molecule has 1 N–H and O–H groups in total. The molecule has 0 fully saturated rings. The maximum Gasteiger partial charge on any atom is 0.257 e. The Hall–Kier alpha value is -2.79. The highest BCUT2D eigenvalue weighted by Gasteiger charge is 2.11. The minimum Gasteiger partial charge on any atom is -0.322 e. The molecule has 0 bridgehead atoms. The minimum absolute atomic E-state index is 0.166. The molecule has 0 unspecified atom stereocenters. The summed E-state index contributed by atoms with van der Waals surface area (Å²) in [6.07, 6.45) is 5.24. The van der Waals surface area contributed by atoms with Gasteiger partial charge >= 0.3 is 0 Å². The first kappa shape index (κ1) is 15.1. The Morgan fingerprint density at radius 2 is 1.87 bits per heavy atom. The van der Waals surface area contributed by atoms with Crippen molar-refractivity contribution in [2.24, 2.45) is 7.05 Å². The lowest BCUT2D eigenvalue weighted by atomic mass is 10.2. The van der Waals surface area contributed by atoms with Crippen molar-refractivity contribution in [3.63, 3.8) is 0 Å². The van der Waals surface area contributed by atoms with E-state index in [-0.39, 0.29) is 11.5 Å².